The maximum absolute atomic E-state index is 12.3. The molecule has 0 amide bonds. The van der Waals surface area contributed by atoms with Crippen molar-refractivity contribution >= 4 is 21.4 Å². The predicted octanol–water partition coefficient (Wildman–Crippen LogP) is 2.95. The van der Waals surface area contributed by atoms with E-state index in [-0.39, 0.29) is 6.04 Å². The molecule has 0 fully saturated rings. The summed E-state index contributed by atoms with van der Waals surface area (Å²) in [4.78, 5) is 3.01. The van der Waals surface area contributed by atoms with Crippen LogP contribution in [0.5, 0.6) is 0 Å². The minimum absolute atomic E-state index is 0.00330. The summed E-state index contributed by atoms with van der Waals surface area (Å²) in [5, 5.41) is 0. The average molecular weight is 338 g/mol. The fourth-order valence-electron chi connectivity index (χ4n) is 2.20. The van der Waals surface area contributed by atoms with Gasteiger partial charge in [0.25, 0.3) is 0 Å². The fraction of sp³-hybridized carbons (Fsp3) is 0.375. The number of nitrogens with one attached hydrogen (secondary N) is 1. The van der Waals surface area contributed by atoms with Gasteiger partial charge in [-0.2, -0.15) is 0 Å². The van der Waals surface area contributed by atoms with E-state index in [0.717, 1.165) is 10.4 Å². The van der Waals surface area contributed by atoms with Crippen molar-refractivity contribution in [2.45, 2.75) is 24.1 Å². The van der Waals surface area contributed by atoms with E-state index >= 15 is 0 Å². The molecule has 0 saturated heterocycles. The zero-order chi connectivity index (χ0) is 16.3. The van der Waals surface area contributed by atoms with Crippen LogP contribution >= 0.6 is 11.3 Å². The Hall–Kier alpha value is -1.21. The van der Waals surface area contributed by atoms with Gasteiger partial charge in [0.1, 0.15) is 4.21 Å². The molecule has 1 heterocycles. The Morgan fingerprint density at radius 1 is 1.09 bits per heavy atom. The van der Waals surface area contributed by atoms with Crippen LogP contribution in [0.25, 0.3) is 0 Å². The lowest BCUT2D eigenvalue weighted by Gasteiger charge is -2.25. The molecule has 0 aliphatic rings. The lowest BCUT2D eigenvalue weighted by Crippen LogP contribution is -2.34. The average Bonchev–Trinajstić information content (AvgIpc) is 2.88. The molecule has 4 nitrogen and oxygen atoms in total. The van der Waals surface area contributed by atoms with Crippen molar-refractivity contribution in [2.24, 2.45) is 0 Å². The minimum atomic E-state index is -3.44. The summed E-state index contributed by atoms with van der Waals surface area (Å²) in [7, 11) is 0.463. The molecule has 22 heavy (non-hydrogen) atoms. The molecule has 1 unspecified atom stereocenters. The summed E-state index contributed by atoms with van der Waals surface area (Å²) in [6.45, 7) is 4.28. The molecule has 2 aromatic rings. The van der Waals surface area contributed by atoms with Gasteiger partial charge >= 0.3 is 0 Å². The number of benzene rings is 1. The van der Waals surface area contributed by atoms with Crippen LogP contribution in [0.15, 0.2) is 40.6 Å². The van der Waals surface area contributed by atoms with E-state index in [1.165, 1.54) is 16.9 Å². The number of aryl methyl sites for hydroxylation is 2. The van der Waals surface area contributed by atoms with Crippen molar-refractivity contribution in [2.75, 3.05) is 20.6 Å². The van der Waals surface area contributed by atoms with Crippen LogP contribution in [0.3, 0.4) is 0 Å². The highest BCUT2D eigenvalue weighted by Gasteiger charge is 2.20. The molecule has 1 N–H and O–H groups in total. The maximum atomic E-state index is 12.3. The molecule has 0 spiro atoms. The number of sulfonamides is 1. The first-order valence-electron chi connectivity index (χ1n) is 7.08. The maximum Gasteiger partial charge on any atom is 0.250 e. The third kappa shape index (κ3) is 4.16. The molecular weight excluding hydrogens is 316 g/mol. The fourth-order valence-corrected chi connectivity index (χ4v) is 4.57. The first-order chi connectivity index (χ1) is 10.3. The smallest absolute Gasteiger partial charge is 0.250 e. The van der Waals surface area contributed by atoms with Crippen molar-refractivity contribution in [3.63, 3.8) is 0 Å². The Bertz CT molecular complexity index is 719. The molecule has 1 aromatic carbocycles. The molecule has 0 radical (unpaired) electrons. The Kier molecular flexibility index (Phi) is 5.39. The topological polar surface area (TPSA) is 49.4 Å². The van der Waals surface area contributed by atoms with Gasteiger partial charge < -0.3 is 4.90 Å². The van der Waals surface area contributed by atoms with Gasteiger partial charge in [-0.1, -0.05) is 29.8 Å². The van der Waals surface area contributed by atoms with Gasteiger partial charge in [0.15, 0.2) is 0 Å². The molecule has 2 rings (SSSR count). The van der Waals surface area contributed by atoms with Crippen molar-refractivity contribution in [1.82, 2.24) is 9.62 Å². The van der Waals surface area contributed by atoms with Crippen LogP contribution in [-0.4, -0.2) is 34.0 Å². The highest BCUT2D eigenvalue weighted by molar-refractivity contribution is 7.91. The van der Waals surface area contributed by atoms with Crippen LogP contribution in [0.4, 0.5) is 0 Å². The van der Waals surface area contributed by atoms with Gasteiger partial charge in [-0.05, 0) is 45.6 Å². The molecule has 0 aliphatic heterocycles. The van der Waals surface area contributed by atoms with E-state index < -0.39 is 10.0 Å². The van der Waals surface area contributed by atoms with Crippen LogP contribution < -0.4 is 4.72 Å². The second-order valence-corrected chi connectivity index (χ2v) is 8.89. The Morgan fingerprint density at radius 2 is 1.73 bits per heavy atom. The van der Waals surface area contributed by atoms with E-state index in [2.05, 4.69) is 4.72 Å². The summed E-state index contributed by atoms with van der Waals surface area (Å²) in [5.41, 5.74) is 2.29. The van der Waals surface area contributed by atoms with Gasteiger partial charge in [-0.3, -0.25) is 0 Å². The summed E-state index contributed by atoms with van der Waals surface area (Å²) in [6, 6.07) is 11.7. The summed E-state index contributed by atoms with van der Waals surface area (Å²) >= 11 is 1.29. The van der Waals surface area contributed by atoms with E-state index in [9.17, 15) is 8.42 Å². The van der Waals surface area contributed by atoms with Gasteiger partial charge in [0, 0.05) is 17.5 Å². The predicted molar refractivity (Wildman–Crippen MR) is 91.9 cm³/mol. The number of thiophene rings is 1. The van der Waals surface area contributed by atoms with Gasteiger partial charge in [0.05, 0.1) is 0 Å². The standard InChI is InChI=1S/C16H22N2O2S2/c1-12-5-8-14(9-6-12)15(18(3)4)11-17-22(19,20)16-10-7-13(2)21-16/h5-10,15,17H,11H2,1-4H3. The quantitative estimate of drug-likeness (QED) is 0.881. The third-order valence-corrected chi connectivity index (χ3v) is 6.45. The molecular formula is C16H22N2O2S2. The van der Waals surface area contributed by atoms with E-state index in [1.54, 1.807) is 6.07 Å². The lowest BCUT2D eigenvalue weighted by atomic mass is 10.0. The van der Waals surface area contributed by atoms with Crippen LogP contribution in [0.2, 0.25) is 0 Å². The monoisotopic (exact) mass is 338 g/mol. The number of rotatable bonds is 6. The summed E-state index contributed by atoms with van der Waals surface area (Å²) in [5.74, 6) is 0. The molecule has 1 aromatic heterocycles. The van der Waals surface area contributed by atoms with E-state index in [0.29, 0.717) is 10.8 Å². The molecule has 0 bridgehead atoms. The van der Waals surface area contributed by atoms with Crippen molar-refractivity contribution in [1.29, 1.82) is 0 Å². The highest BCUT2D eigenvalue weighted by Crippen LogP contribution is 2.22. The summed E-state index contributed by atoms with van der Waals surface area (Å²) < 4.78 is 27.8. The SMILES string of the molecule is Cc1ccc(C(CNS(=O)(=O)c2ccc(C)s2)N(C)C)cc1. The number of nitrogens with zero attached hydrogens (tertiary/aromatic N) is 1. The van der Waals surface area contributed by atoms with E-state index in [4.69, 9.17) is 0 Å². The second kappa shape index (κ2) is 6.91. The zero-order valence-electron chi connectivity index (χ0n) is 13.3. The normalized spacial score (nSPS) is 13.5. The lowest BCUT2D eigenvalue weighted by molar-refractivity contribution is 0.299. The molecule has 6 heteroatoms. The van der Waals surface area contributed by atoms with Gasteiger partial charge in [0.2, 0.25) is 10.0 Å². The van der Waals surface area contributed by atoms with Crippen LogP contribution in [-0.2, 0) is 10.0 Å². The Labute approximate surface area is 136 Å². The molecule has 120 valence electrons. The van der Waals surface area contributed by atoms with Crippen molar-refractivity contribution in [3.05, 3.63) is 52.4 Å². The first-order valence-corrected chi connectivity index (χ1v) is 9.38. The number of hydrogen-bond donors (Lipinski definition) is 1. The van der Waals surface area contributed by atoms with Gasteiger partial charge in [-0.25, -0.2) is 13.1 Å². The molecule has 0 saturated carbocycles. The van der Waals surface area contributed by atoms with Crippen molar-refractivity contribution < 1.29 is 8.42 Å². The number of likely N-dealkylation sites (N-methyl/N-ethyl adjacent to an activating group) is 1. The summed E-state index contributed by atoms with van der Waals surface area (Å²) in [6.07, 6.45) is 0. The van der Waals surface area contributed by atoms with E-state index in [1.807, 2.05) is 63.2 Å². The molecule has 0 aliphatic carbocycles. The van der Waals surface area contributed by atoms with Gasteiger partial charge in [-0.15, -0.1) is 11.3 Å². The van der Waals surface area contributed by atoms with Crippen LogP contribution in [0, 0.1) is 13.8 Å². The third-order valence-electron chi connectivity index (χ3n) is 3.53. The molecule has 1 atom stereocenters. The largest absolute Gasteiger partial charge is 0.301 e. The first kappa shape index (κ1) is 17.1. The minimum Gasteiger partial charge on any atom is -0.301 e. The highest BCUT2D eigenvalue weighted by atomic mass is 32.2. The zero-order valence-corrected chi connectivity index (χ0v) is 15.0. The second-order valence-electron chi connectivity index (χ2n) is 5.61. The number of hydrogen-bond acceptors (Lipinski definition) is 4. The Balaban J connectivity index is 2.14. The van der Waals surface area contributed by atoms with Crippen molar-refractivity contribution in [3.8, 4) is 0 Å². The van der Waals surface area contributed by atoms with Crippen LogP contribution in [0.1, 0.15) is 22.0 Å². The Morgan fingerprint density at radius 3 is 2.23 bits per heavy atom.